The van der Waals surface area contributed by atoms with Crippen molar-refractivity contribution in [2.75, 3.05) is 0 Å². The van der Waals surface area contributed by atoms with Gasteiger partial charge in [-0.2, -0.15) is 0 Å². The molecule has 1 nitrogen and oxygen atoms in total. The zero-order valence-corrected chi connectivity index (χ0v) is 8.33. The van der Waals surface area contributed by atoms with Gasteiger partial charge in [-0.1, -0.05) is 36.8 Å². The zero-order valence-electron chi connectivity index (χ0n) is 8.33. The molecule has 1 saturated carbocycles. The molecule has 0 bridgehead atoms. The normalized spacial score (nSPS) is 32.7. The molecule has 1 aliphatic carbocycles. The topological polar surface area (TPSA) is 26.0 Å². The second-order valence-electron chi connectivity index (χ2n) is 4.28. The smallest absolute Gasteiger partial charge is 0.00763 e. The lowest BCUT2D eigenvalue weighted by molar-refractivity contribution is 0.226. The molecule has 13 heavy (non-hydrogen) atoms. The van der Waals surface area contributed by atoms with E-state index in [4.69, 9.17) is 5.73 Å². The van der Waals surface area contributed by atoms with Gasteiger partial charge in [0.2, 0.25) is 0 Å². The van der Waals surface area contributed by atoms with Gasteiger partial charge in [0.1, 0.15) is 0 Å². The quantitative estimate of drug-likeness (QED) is 0.697. The van der Waals surface area contributed by atoms with E-state index in [1.165, 1.54) is 11.1 Å². The van der Waals surface area contributed by atoms with Crippen LogP contribution in [-0.4, -0.2) is 6.04 Å². The van der Waals surface area contributed by atoms with Gasteiger partial charge in [0.05, 0.1) is 0 Å². The van der Waals surface area contributed by atoms with Crippen LogP contribution in [0.15, 0.2) is 24.3 Å². The fourth-order valence-electron chi connectivity index (χ4n) is 2.08. The number of nitrogens with two attached hydrogens (primary N) is 1. The molecule has 1 fully saturated rings. The van der Waals surface area contributed by atoms with E-state index in [1.54, 1.807) is 0 Å². The SMILES string of the molecule is Cc1ccc(C2CC(N)C2C)cc1. The van der Waals surface area contributed by atoms with E-state index in [1.807, 2.05) is 0 Å². The van der Waals surface area contributed by atoms with Gasteiger partial charge in [-0.15, -0.1) is 0 Å². The number of hydrogen-bond acceptors (Lipinski definition) is 1. The summed E-state index contributed by atoms with van der Waals surface area (Å²) in [6.45, 7) is 4.37. The highest BCUT2D eigenvalue weighted by atomic mass is 14.7. The Morgan fingerprint density at radius 1 is 1.23 bits per heavy atom. The Labute approximate surface area is 80.0 Å². The van der Waals surface area contributed by atoms with Gasteiger partial charge >= 0.3 is 0 Å². The maximum Gasteiger partial charge on any atom is 0.00763 e. The van der Waals surface area contributed by atoms with Crippen LogP contribution < -0.4 is 5.73 Å². The standard InChI is InChI=1S/C12H17N/c1-8-3-5-10(6-4-8)11-7-12(13)9(11)2/h3-6,9,11-12H,7,13H2,1-2H3. The first kappa shape index (κ1) is 8.76. The van der Waals surface area contributed by atoms with E-state index in [2.05, 4.69) is 38.1 Å². The number of hydrogen-bond donors (Lipinski definition) is 1. The Balaban J connectivity index is 2.14. The summed E-state index contributed by atoms with van der Waals surface area (Å²) in [5.41, 5.74) is 8.67. The number of benzene rings is 1. The van der Waals surface area contributed by atoms with Crippen LogP contribution in [0.5, 0.6) is 0 Å². The van der Waals surface area contributed by atoms with E-state index in [0.29, 0.717) is 17.9 Å². The molecule has 0 saturated heterocycles. The molecule has 0 amide bonds. The average Bonchev–Trinajstić information content (AvgIpc) is 2.15. The Bertz CT molecular complexity index is 288. The van der Waals surface area contributed by atoms with Gasteiger partial charge in [-0.25, -0.2) is 0 Å². The van der Waals surface area contributed by atoms with E-state index < -0.39 is 0 Å². The Morgan fingerprint density at radius 3 is 2.31 bits per heavy atom. The fourth-order valence-corrected chi connectivity index (χ4v) is 2.08. The van der Waals surface area contributed by atoms with Crippen LogP contribution in [0.3, 0.4) is 0 Å². The molecule has 1 heteroatoms. The lowest BCUT2D eigenvalue weighted by atomic mass is 9.67. The van der Waals surface area contributed by atoms with E-state index in [0.717, 1.165) is 6.42 Å². The minimum absolute atomic E-state index is 0.423. The molecule has 3 atom stereocenters. The van der Waals surface area contributed by atoms with Gasteiger partial charge in [-0.3, -0.25) is 0 Å². The van der Waals surface area contributed by atoms with Crippen molar-refractivity contribution in [2.24, 2.45) is 11.7 Å². The predicted octanol–water partition coefficient (Wildman–Crippen LogP) is 2.45. The van der Waals surface area contributed by atoms with E-state index in [-0.39, 0.29) is 0 Å². The van der Waals surface area contributed by atoms with Crippen molar-refractivity contribution < 1.29 is 0 Å². The molecular formula is C12H17N. The molecule has 0 spiro atoms. The van der Waals surface area contributed by atoms with Gasteiger partial charge in [0.15, 0.2) is 0 Å². The minimum atomic E-state index is 0.423. The van der Waals surface area contributed by atoms with Crippen molar-refractivity contribution >= 4 is 0 Å². The molecule has 3 unspecified atom stereocenters. The minimum Gasteiger partial charge on any atom is -0.327 e. The lowest BCUT2D eigenvalue weighted by Crippen LogP contribution is -2.44. The van der Waals surface area contributed by atoms with Gasteiger partial charge in [0, 0.05) is 6.04 Å². The Hall–Kier alpha value is -0.820. The Kier molecular flexibility index (Phi) is 2.12. The molecular weight excluding hydrogens is 158 g/mol. The first-order valence-electron chi connectivity index (χ1n) is 5.00. The molecule has 1 aliphatic rings. The summed E-state index contributed by atoms with van der Waals surface area (Å²) >= 11 is 0. The molecule has 1 aromatic carbocycles. The lowest BCUT2D eigenvalue weighted by Gasteiger charge is -2.40. The van der Waals surface area contributed by atoms with Crippen molar-refractivity contribution in [2.45, 2.75) is 32.2 Å². The first-order chi connectivity index (χ1) is 6.18. The monoisotopic (exact) mass is 175 g/mol. The summed E-state index contributed by atoms with van der Waals surface area (Å²) in [6.07, 6.45) is 1.16. The number of rotatable bonds is 1. The molecule has 0 aromatic heterocycles. The van der Waals surface area contributed by atoms with E-state index in [9.17, 15) is 0 Å². The highest BCUT2D eigenvalue weighted by Gasteiger charge is 2.35. The fraction of sp³-hybridized carbons (Fsp3) is 0.500. The van der Waals surface area contributed by atoms with Crippen molar-refractivity contribution in [1.82, 2.24) is 0 Å². The summed E-state index contributed by atoms with van der Waals surface area (Å²) in [4.78, 5) is 0. The van der Waals surface area contributed by atoms with Crippen molar-refractivity contribution in [3.63, 3.8) is 0 Å². The average molecular weight is 175 g/mol. The predicted molar refractivity (Wildman–Crippen MR) is 55.7 cm³/mol. The highest BCUT2D eigenvalue weighted by Crippen LogP contribution is 2.41. The van der Waals surface area contributed by atoms with Crippen LogP contribution in [0, 0.1) is 12.8 Å². The first-order valence-corrected chi connectivity index (χ1v) is 5.00. The maximum absolute atomic E-state index is 5.88. The highest BCUT2D eigenvalue weighted by molar-refractivity contribution is 5.27. The number of aryl methyl sites for hydroxylation is 1. The summed E-state index contributed by atoms with van der Waals surface area (Å²) < 4.78 is 0. The molecule has 70 valence electrons. The van der Waals surface area contributed by atoms with Crippen LogP contribution in [0.1, 0.15) is 30.4 Å². The molecule has 0 heterocycles. The summed E-state index contributed by atoms with van der Waals surface area (Å²) in [6, 6.07) is 9.27. The van der Waals surface area contributed by atoms with Crippen LogP contribution in [0.4, 0.5) is 0 Å². The van der Waals surface area contributed by atoms with Gasteiger partial charge in [0.25, 0.3) is 0 Å². The zero-order chi connectivity index (χ0) is 9.42. The maximum atomic E-state index is 5.88. The Morgan fingerprint density at radius 2 is 1.85 bits per heavy atom. The van der Waals surface area contributed by atoms with Crippen LogP contribution in [0.25, 0.3) is 0 Å². The largest absolute Gasteiger partial charge is 0.327 e. The van der Waals surface area contributed by atoms with Gasteiger partial charge in [-0.05, 0) is 30.7 Å². The third-order valence-corrected chi connectivity index (χ3v) is 3.34. The van der Waals surface area contributed by atoms with Gasteiger partial charge < -0.3 is 5.73 Å². The second kappa shape index (κ2) is 3.15. The van der Waals surface area contributed by atoms with Crippen molar-refractivity contribution in [3.05, 3.63) is 35.4 Å². The van der Waals surface area contributed by atoms with Crippen LogP contribution in [-0.2, 0) is 0 Å². The van der Waals surface area contributed by atoms with Crippen molar-refractivity contribution in [1.29, 1.82) is 0 Å². The summed E-state index contributed by atoms with van der Waals surface area (Å²) in [5, 5.41) is 0. The van der Waals surface area contributed by atoms with Crippen LogP contribution in [0.2, 0.25) is 0 Å². The third-order valence-electron chi connectivity index (χ3n) is 3.34. The molecule has 2 N–H and O–H groups in total. The van der Waals surface area contributed by atoms with Crippen LogP contribution >= 0.6 is 0 Å². The molecule has 0 radical (unpaired) electrons. The molecule has 0 aliphatic heterocycles. The summed E-state index contributed by atoms with van der Waals surface area (Å²) in [7, 11) is 0. The van der Waals surface area contributed by atoms with Crippen molar-refractivity contribution in [3.8, 4) is 0 Å². The molecule has 1 aromatic rings. The summed E-state index contributed by atoms with van der Waals surface area (Å²) in [5.74, 6) is 1.36. The van der Waals surface area contributed by atoms with E-state index >= 15 is 0 Å². The molecule has 2 rings (SSSR count). The second-order valence-corrected chi connectivity index (χ2v) is 4.28. The third kappa shape index (κ3) is 1.49.